The van der Waals surface area contributed by atoms with Crippen LogP contribution in [0.25, 0.3) is 0 Å². The number of unbranched alkanes of at least 4 members (excludes halogenated alkanes) is 6. The van der Waals surface area contributed by atoms with Gasteiger partial charge in [0.25, 0.3) is 0 Å². The minimum absolute atomic E-state index is 0.0626. The number of likely N-dealkylation sites (N-methyl/N-ethyl adjacent to an activating group) is 1. The summed E-state index contributed by atoms with van der Waals surface area (Å²) in [6.07, 6.45) is 7.66. The van der Waals surface area contributed by atoms with Crippen molar-refractivity contribution in [1.82, 2.24) is 0 Å². The molecule has 1 unspecified atom stereocenters. The molecule has 3 N–H and O–H groups in total. The maximum atomic E-state index is 11.6. The minimum atomic E-state index is -4.51. The van der Waals surface area contributed by atoms with E-state index in [1.54, 1.807) is 0 Å². The third kappa shape index (κ3) is 8.38. The first-order valence-electron chi connectivity index (χ1n) is 7.60. The second kappa shape index (κ2) is 8.50. The second-order valence-corrected chi connectivity index (χ2v) is 8.77. The lowest BCUT2D eigenvalue weighted by atomic mass is 10.1. The highest BCUT2D eigenvalue weighted by atomic mass is 31.2. The molecule has 0 aliphatic rings. The molecule has 0 aromatic rings. The summed E-state index contributed by atoms with van der Waals surface area (Å²) in [5.41, 5.74) is 0. The predicted octanol–water partition coefficient (Wildman–Crippen LogP) is 2.70. The van der Waals surface area contributed by atoms with Crippen LogP contribution in [0.15, 0.2) is 0 Å². The molecule has 0 aromatic carbocycles. The number of hydrogen-bond acceptors (Lipinski definition) is 2. The summed E-state index contributed by atoms with van der Waals surface area (Å²) >= 11 is 0. The van der Waals surface area contributed by atoms with Crippen molar-refractivity contribution in [3.8, 4) is 0 Å². The van der Waals surface area contributed by atoms with Gasteiger partial charge in [0.15, 0.2) is 0 Å². The lowest BCUT2D eigenvalue weighted by Crippen LogP contribution is -2.49. The SMILES string of the molecule is CCCCCCCCCC(O)(C[N+](C)(C)C)P(=O)(O)O. The van der Waals surface area contributed by atoms with Gasteiger partial charge in [-0.2, -0.15) is 0 Å². The van der Waals surface area contributed by atoms with E-state index in [-0.39, 0.29) is 13.0 Å². The molecule has 0 spiro atoms. The number of quaternary nitrogens is 1. The summed E-state index contributed by atoms with van der Waals surface area (Å²) in [6.45, 7) is 2.23. The molecule has 0 saturated carbocycles. The Labute approximate surface area is 123 Å². The smallest absolute Gasteiger partial charge is 0.362 e. The van der Waals surface area contributed by atoms with Crippen molar-refractivity contribution in [1.29, 1.82) is 0 Å². The van der Waals surface area contributed by atoms with Crippen molar-refractivity contribution >= 4 is 7.60 Å². The Balaban J connectivity index is 4.23. The number of aliphatic hydroxyl groups is 1. The Morgan fingerprint density at radius 1 is 0.950 bits per heavy atom. The lowest BCUT2D eigenvalue weighted by Gasteiger charge is -2.35. The van der Waals surface area contributed by atoms with Gasteiger partial charge in [0.05, 0.1) is 21.1 Å². The van der Waals surface area contributed by atoms with Gasteiger partial charge in [0.2, 0.25) is 5.34 Å². The molecular weight excluding hydrogens is 277 g/mol. The average Bonchev–Trinajstić information content (AvgIpc) is 2.24. The first kappa shape index (κ1) is 20.1. The van der Waals surface area contributed by atoms with Crippen LogP contribution in [-0.4, -0.2) is 52.4 Å². The topological polar surface area (TPSA) is 77.8 Å². The largest absolute Gasteiger partial charge is 0.373 e. The number of hydrogen-bond donors (Lipinski definition) is 3. The normalized spacial score (nSPS) is 16.1. The number of nitrogens with zero attached hydrogens (tertiary/aromatic N) is 1. The Morgan fingerprint density at radius 2 is 1.40 bits per heavy atom. The van der Waals surface area contributed by atoms with Gasteiger partial charge in [-0.05, 0) is 12.8 Å². The molecule has 0 fully saturated rings. The van der Waals surface area contributed by atoms with Crippen LogP contribution in [0, 0.1) is 0 Å². The predicted molar refractivity (Wildman–Crippen MR) is 82.5 cm³/mol. The van der Waals surface area contributed by atoms with E-state index in [4.69, 9.17) is 0 Å². The van der Waals surface area contributed by atoms with E-state index in [2.05, 4.69) is 6.92 Å². The Bertz CT molecular complexity index is 311. The summed E-state index contributed by atoms with van der Waals surface area (Å²) in [6, 6.07) is 0. The molecule has 0 aromatic heterocycles. The van der Waals surface area contributed by atoms with Crippen LogP contribution >= 0.6 is 7.60 Å². The van der Waals surface area contributed by atoms with Crippen LogP contribution in [0.2, 0.25) is 0 Å². The van der Waals surface area contributed by atoms with Gasteiger partial charge in [0.1, 0.15) is 6.54 Å². The van der Waals surface area contributed by atoms with E-state index in [1.165, 1.54) is 19.3 Å². The minimum Gasteiger partial charge on any atom is -0.373 e. The van der Waals surface area contributed by atoms with Crippen molar-refractivity contribution < 1.29 is 23.9 Å². The summed E-state index contributed by atoms with van der Waals surface area (Å²) in [5, 5.41) is 8.45. The van der Waals surface area contributed by atoms with E-state index in [1.807, 2.05) is 21.1 Å². The standard InChI is InChI=1S/C14H32NO4P/c1-5-6-7-8-9-10-11-12-14(16,20(17,18)19)13-15(2,3)4/h16H,5-13H2,1-4H3,(H-,17,18,19)/p+1. The third-order valence-electron chi connectivity index (χ3n) is 3.45. The highest BCUT2D eigenvalue weighted by molar-refractivity contribution is 7.53. The van der Waals surface area contributed by atoms with Crippen LogP contribution in [0.1, 0.15) is 58.3 Å². The van der Waals surface area contributed by atoms with Crippen molar-refractivity contribution in [2.75, 3.05) is 27.7 Å². The van der Waals surface area contributed by atoms with Crippen molar-refractivity contribution in [2.24, 2.45) is 0 Å². The molecule has 0 rings (SSSR count). The first-order chi connectivity index (χ1) is 9.02. The lowest BCUT2D eigenvalue weighted by molar-refractivity contribution is -0.875. The Morgan fingerprint density at radius 3 is 1.80 bits per heavy atom. The molecule has 5 nitrogen and oxygen atoms in total. The summed E-state index contributed by atoms with van der Waals surface area (Å²) < 4.78 is 11.9. The Hall–Kier alpha value is 0.0700. The zero-order valence-corrected chi connectivity index (χ0v) is 14.4. The maximum Gasteiger partial charge on any atom is 0.362 e. The molecule has 0 saturated heterocycles. The van der Waals surface area contributed by atoms with E-state index in [9.17, 15) is 19.5 Å². The summed E-state index contributed by atoms with van der Waals surface area (Å²) in [4.78, 5) is 18.8. The second-order valence-electron chi connectivity index (χ2n) is 6.85. The molecule has 1 atom stereocenters. The highest BCUT2D eigenvalue weighted by Gasteiger charge is 2.48. The van der Waals surface area contributed by atoms with Crippen LogP contribution in [0.3, 0.4) is 0 Å². The van der Waals surface area contributed by atoms with Gasteiger partial charge < -0.3 is 19.4 Å². The zero-order valence-electron chi connectivity index (χ0n) is 13.5. The van der Waals surface area contributed by atoms with Crippen molar-refractivity contribution in [2.45, 2.75) is 63.6 Å². The van der Waals surface area contributed by atoms with E-state index >= 15 is 0 Å². The van der Waals surface area contributed by atoms with E-state index < -0.39 is 12.9 Å². The highest BCUT2D eigenvalue weighted by Crippen LogP contribution is 2.52. The van der Waals surface area contributed by atoms with Gasteiger partial charge in [0, 0.05) is 0 Å². The van der Waals surface area contributed by atoms with Crippen LogP contribution < -0.4 is 0 Å². The fourth-order valence-corrected chi connectivity index (χ4v) is 3.50. The summed E-state index contributed by atoms with van der Waals surface area (Å²) in [5.74, 6) is 0. The molecule has 20 heavy (non-hydrogen) atoms. The fraction of sp³-hybridized carbons (Fsp3) is 1.00. The molecule has 0 aliphatic carbocycles. The molecule has 0 radical (unpaired) electrons. The molecule has 6 heteroatoms. The molecular formula is C14H33NO4P+. The van der Waals surface area contributed by atoms with Gasteiger partial charge in [-0.15, -0.1) is 0 Å². The van der Waals surface area contributed by atoms with Gasteiger partial charge in [-0.1, -0.05) is 45.4 Å². The molecule has 0 aliphatic heterocycles. The number of rotatable bonds is 11. The third-order valence-corrected chi connectivity index (χ3v) is 4.90. The van der Waals surface area contributed by atoms with E-state index in [0.29, 0.717) is 10.9 Å². The van der Waals surface area contributed by atoms with Crippen LogP contribution in [-0.2, 0) is 4.57 Å². The molecule has 0 heterocycles. The molecule has 122 valence electrons. The van der Waals surface area contributed by atoms with Crippen LogP contribution in [0.4, 0.5) is 0 Å². The van der Waals surface area contributed by atoms with Crippen LogP contribution in [0.5, 0.6) is 0 Å². The quantitative estimate of drug-likeness (QED) is 0.311. The molecule has 0 amide bonds. The van der Waals surface area contributed by atoms with Gasteiger partial charge in [-0.3, -0.25) is 4.57 Å². The first-order valence-corrected chi connectivity index (χ1v) is 9.21. The molecule has 0 bridgehead atoms. The Kier molecular flexibility index (Phi) is 8.53. The van der Waals surface area contributed by atoms with Gasteiger partial charge >= 0.3 is 7.60 Å². The maximum absolute atomic E-state index is 11.6. The van der Waals surface area contributed by atoms with Crippen molar-refractivity contribution in [3.63, 3.8) is 0 Å². The fourth-order valence-electron chi connectivity index (χ4n) is 2.44. The zero-order chi connectivity index (χ0) is 15.9. The monoisotopic (exact) mass is 310 g/mol. The van der Waals surface area contributed by atoms with Gasteiger partial charge in [-0.25, -0.2) is 0 Å². The average molecular weight is 310 g/mol. The van der Waals surface area contributed by atoms with E-state index in [0.717, 1.165) is 19.3 Å². The summed E-state index contributed by atoms with van der Waals surface area (Å²) in [7, 11) is 0.964. The van der Waals surface area contributed by atoms with Crippen molar-refractivity contribution in [3.05, 3.63) is 0 Å².